The number of aromatic nitrogens is 4. The summed E-state index contributed by atoms with van der Waals surface area (Å²) in [6.45, 7) is 0.499. The summed E-state index contributed by atoms with van der Waals surface area (Å²) in [6.07, 6.45) is 7.40. The monoisotopic (exact) mass is 369 g/mol. The molecule has 3 aromatic rings. The number of rotatable bonds is 6. The topological polar surface area (TPSA) is 115 Å². The van der Waals surface area contributed by atoms with Crippen LogP contribution < -0.4 is 14.8 Å². The third kappa shape index (κ3) is 3.62. The maximum absolute atomic E-state index is 12.7. The van der Waals surface area contributed by atoms with Crippen LogP contribution in [0.15, 0.2) is 34.8 Å². The minimum atomic E-state index is -0.509. The number of amides is 1. The van der Waals surface area contributed by atoms with Crippen LogP contribution in [0.1, 0.15) is 29.8 Å². The van der Waals surface area contributed by atoms with Crippen LogP contribution in [-0.2, 0) is 0 Å². The highest BCUT2D eigenvalue weighted by Gasteiger charge is 2.25. The Bertz CT molecular complexity index is 964. The zero-order chi connectivity index (χ0) is 18.6. The molecule has 0 saturated heterocycles. The molecule has 9 nitrogen and oxygen atoms in total. The zero-order valence-electron chi connectivity index (χ0n) is 14.8. The maximum Gasteiger partial charge on any atom is 0.297 e. The standard InChI is InChI=1S/C18H19N5O4/c1-25-12-7-8-14-13(9-12)15(26-10-11-5-3-2-4-6-11)16(27-14)17(24)19-18-20-22-23-21-18/h2-3,7-9,11H,4-6,10H2,1H3,(H2,19,20,21,22,23,24). The van der Waals surface area contributed by atoms with E-state index in [9.17, 15) is 4.79 Å². The van der Waals surface area contributed by atoms with Crippen molar-refractivity contribution >= 4 is 22.8 Å². The second-order valence-corrected chi connectivity index (χ2v) is 6.27. The van der Waals surface area contributed by atoms with Crippen molar-refractivity contribution in [3.05, 3.63) is 36.1 Å². The smallest absolute Gasteiger partial charge is 0.297 e. The van der Waals surface area contributed by atoms with Gasteiger partial charge in [-0.3, -0.25) is 10.1 Å². The molecule has 2 aromatic heterocycles. The molecule has 1 aliphatic carbocycles. The van der Waals surface area contributed by atoms with E-state index in [4.69, 9.17) is 13.9 Å². The number of allylic oxidation sites excluding steroid dienone is 2. The Kier molecular flexibility index (Phi) is 4.73. The average molecular weight is 369 g/mol. The third-order valence-electron chi connectivity index (χ3n) is 4.47. The molecular formula is C18H19N5O4. The van der Waals surface area contributed by atoms with Crippen molar-refractivity contribution in [2.75, 3.05) is 19.0 Å². The van der Waals surface area contributed by atoms with E-state index < -0.39 is 5.91 Å². The molecule has 1 unspecified atom stereocenters. The molecule has 2 N–H and O–H groups in total. The fourth-order valence-corrected chi connectivity index (χ4v) is 3.06. The second kappa shape index (κ2) is 7.48. The van der Waals surface area contributed by atoms with Crippen LogP contribution in [0, 0.1) is 5.92 Å². The van der Waals surface area contributed by atoms with Gasteiger partial charge in [0.25, 0.3) is 11.9 Å². The lowest BCUT2D eigenvalue weighted by Gasteiger charge is -2.18. The van der Waals surface area contributed by atoms with E-state index >= 15 is 0 Å². The number of hydrogen-bond donors (Lipinski definition) is 2. The number of furan rings is 1. The lowest BCUT2D eigenvalue weighted by molar-refractivity contribution is 0.0990. The number of benzene rings is 1. The minimum absolute atomic E-state index is 0.0569. The third-order valence-corrected chi connectivity index (χ3v) is 4.47. The first kappa shape index (κ1) is 17.1. The predicted octanol–water partition coefficient (Wildman–Crippen LogP) is 2.94. The summed E-state index contributed by atoms with van der Waals surface area (Å²) in [5.74, 6) is 1.05. The van der Waals surface area contributed by atoms with Gasteiger partial charge >= 0.3 is 0 Å². The van der Waals surface area contributed by atoms with Crippen LogP contribution >= 0.6 is 0 Å². The first-order valence-electron chi connectivity index (χ1n) is 8.67. The van der Waals surface area contributed by atoms with Gasteiger partial charge in [0.05, 0.1) is 19.1 Å². The predicted molar refractivity (Wildman–Crippen MR) is 96.9 cm³/mol. The number of H-pyrrole nitrogens is 1. The van der Waals surface area contributed by atoms with Crippen molar-refractivity contribution in [2.24, 2.45) is 5.92 Å². The molecule has 1 atom stereocenters. The minimum Gasteiger partial charge on any atom is -0.497 e. The van der Waals surface area contributed by atoms with Crippen LogP contribution in [0.2, 0.25) is 0 Å². The van der Waals surface area contributed by atoms with Gasteiger partial charge in [0.15, 0.2) is 5.75 Å². The van der Waals surface area contributed by atoms with E-state index in [1.165, 1.54) is 0 Å². The first-order valence-corrected chi connectivity index (χ1v) is 8.67. The van der Waals surface area contributed by atoms with Crippen LogP contribution in [-0.4, -0.2) is 40.2 Å². The number of carbonyl (C=O) groups excluding carboxylic acids is 1. The first-order chi connectivity index (χ1) is 13.2. The molecule has 1 aromatic carbocycles. The lowest BCUT2D eigenvalue weighted by Crippen LogP contribution is -2.16. The average Bonchev–Trinajstić information content (AvgIpc) is 3.34. The highest BCUT2D eigenvalue weighted by Crippen LogP contribution is 2.36. The molecule has 9 heteroatoms. The van der Waals surface area contributed by atoms with Gasteiger partial charge in [-0.05, 0) is 48.6 Å². The summed E-state index contributed by atoms with van der Waals surface area (Å²) in [5, 5.41) is 16.4. The Hall–Kier alpha value is -3.36. The molecular weight excluding hydrogens is 350 g/mol. The van der Waals surface area contributed by atoms with Gasteiger partial charge in [0.2, 0.25) is 5.76 Å². The number of fused-ring (bicyclic) bond motifs is 1. The molecule has 27 heavy (non-hydrogen) atoms. The largest absolute Gasteiger partial charge is 0.497 e. The molecule has 0 fully saturated rings. The fourth-order valence-electron chi connectivity index (χ4n) is 3.06. The molecule has 0 saturated carbocycles. The van der Waals surface area contributed by atoms with Gasteiger partial charge in [0, 0.05) is 0 Å². The van der Waals surface area contributed by atoms with Crippen molar-refractivity contribution in [2.45, 2.75) is 19.3 Å². The Morgan fingerprint density at radius 2 is 2.33 bits per heavy atom. The van der Waals surface area contributed by atoms with Crippen molar-refractivity contribution in [1.82, 2.24) is 20.6 Å². The summed E-state index contributed by atoms with van der Waals surface area (Å²) in [7, 11) is 1.58. The summed E-state index contributed by atoms with van der Waals surface area (Å²) in [5.41, 5.74) is 0.535. The summed E-state index contributed by atoms with van der Waals surface area (Å²) >= 11 is 0. The van der Waals surface area contributed by atoms with E-state index in [0.29, 0.717) is 35.0 Å². The summed E-state index contributed by atoms with van der Waals surface area (Å²) in [4.78, 5) is 12.7. The van der Waals surface area contributed by atoms with E-state index in [1.807, 2.05) is 0 Å². The van der Waals surface area contributed by atoms with Crippen LogP contribution in [0.3, 0.4) is 0 Å². The zero-order valence-corrected chi connectivity index (χ0v) is 14.8. The SMILES string of the molecule is COc1ccc2oc(C(=O)Nc3nn[nH]n3)c(OCC3CC=CCC3)c2c1. The number of tetrazole rings is 1. The highest BCUT2D eigenvalue weighted by atomic mass is 16.5. The Balaban J connectivity index is 1.65. The van der Waals surface area contributed by atoms with Gasteiger partial charge in [0.1, 0.15) is 11.3 Å². The molecule has 0 aliphatic heterocycles. The number of anilines is 1. The van der Waals surface area contributed by atoms with Gasteiger partial charge in [-0.2, -0.15) is 5.21 Å². The second-order valence-electron chi connectivity index (χ2n) is 6.27. The number of nitrogens with one attached hydrogen (secondary N) is 2. The van der Waals surface area contributed by atoms with Gasteiger partial charge in [-0.1, -0.05) is 17.3 Å². The molecule has 2 heterocycles. The maximum atomic E-state index is 12.7. The Morgan fingerprint density at radius 1 is 1.41 bits per heavy atom. The molecule has 4 rings (SSSR count). The normalized spacial score (nSPS) is 16.4. The molecule has 0 spiro atoms. The van der Waals surface area contributed by atoms with Crippen molar-refractivity contribution in [3.63, 3.8) is 0 Å². The quantitative estimate of drug-likeness (QED) is 0.642. The molecule has 0 bridgehead atoms. The number of hydrogen-bond acceptors (Lipinski definition) is 7. The summed E-state index contributed by atoms with van der Waals surface area (Å²) in [6, 6.07) is 5.30. The molecule has 0 radical (unpaired) electrons. The Labute approximate surface area is 154 Å². The van der Waals surface area contributed by atoms with Crippen LogP contribution in [0.4, 0.5) is 5.95 Å². The van der Waals surface area contributed by atoms with Gasteiger partial charge in [-0.25, -0.2) is 0 Å². The van der Waals surface area contributed by atoms with Crippen LogP contribution in [0.25, 0.3) is 11.0 Å². The van der Waals surface area contributed by atoms with E-state index in [1.54, 1.807) is 25.3 Å². The molecule has 1 amide bonds. The van der Waals surface area contributed by atoms with Gasteiger partial charge in [-0.15, -0.1) is 5.10 Å². The molecule has 140 valence electrons. The van der Waals surface area contributed by atoms with Crippen molar-refractivity contribution < 1.29 is 18.7 Å². The van der Waals surface area contributed by atoms with Crippen molar-refractivity contribution in [1.29, 1.82) is 0 Å². The molecule has 1 aliphatic rings. The number of carbonyl (C=O) groups is 1. The van der Waals surface area contributed by atoms with E-state index in [2.05, 4.69) is 38.1 Å². The van der Waals surface area contributed by atoms with E-state index in [0.717, 1.165) is 19.3 Å². The lowest BCUT2D eigenvalue weighted by atomic mass is 9.95. The van der Waals surface area contributed by atoms with Crippen molar-refractivity contribution in [3.8, 4) is 11.5 Å². The summed E-state index contributed by atoms with van der Waals surface area (Å²) < 4.78 is 17.1. The van der Waals surface area contributed by atoms with Crippen LogP contribution in [0.5, 0.6) is 11.5 Å². The number of nitrogens with zero attached hydrogens (tertiary/aromatic N) is 3. The number of methoxy groups -OCH3 is 1. The fraction of sp³-hybridized carbons (Fsp3) is 0.333. The highest BCUT2D eigenvalue weighted by molar-refractivity contribution is 6.07. The Morgan fingerprint density at radius 3 is 3.07 bits per heavy atom. The number of aromatic amines is 1. The van der Waals surface area contributed by atoms with Gasteiger partial charge < -0.3 is 13.9 Å². The van der Waals surface area contributed by atoms with E-state index in [-0.39, 0.29) is 11.7 Å². The number of ether oxygens (including phenoxy) is 2.